The molecule has 0 aliphatic rings. The summed E-state index contributed by atoms with van der Waals surface area (Å²) >= 11 is 3.22. The van der Waals surface area contributed by atoms with Crippen molar-refractivity contribution in [2.45, 2.75) is 13.8 Å². The Hall–Kier alpha value is -1.94. The third-order valence-corrected chi connectivity index (χ3v) is 4.13. The van der Waals surface area contributed by atoms with E-state index in [1.165, 1.54) is 18.2 Å². The normalized spacial score (nSPS) is 11.0. The zero-order chi connectivity index (χ0) is 15.1. The van der Waals surface area contributed by atoms with Gasteiger partial charge in [-0.2, -0.15) is 0 Å². The Balaban J connectivity index is 2.15. The van der Waals surface area contributed by atoms with Crippen molar-refractivity contribution in [2.24, 2.45) is 0 Å². The van der Waals surface area contributed by atoms with Crippen LogP contribution in [0.4, 0.5) is 4.39 Å². The highest BCUT2D eigenvalue weighted by molar-refractivity contribution is 9.10. The second-order valence-corrected chi connectivity index (χ2v) is 5.86. The number of carbonyl (C=O) groups excluding carboxylic acids is 1. The van der Waals surface area contributed by atoms with Crippen molar-refractivity contribution in [3.8, 4) is 0 Å². The van der Waals surface area contributed by atoms with E-state index in [1.807, 2.05) is 32.0 Å². The third kappa shape index (κ3) is 2.40. The van der Waals surface area contributed by atoms with Crippen LogP contribution in [0.5, 0.6) is 0 Å². The molecule has 0 amide bonds. The number of hydrogen-bond donors (Lipinski definition) is 0. The second-order valence-electron chi connectivity index (χ2n) is 5.01. The number of fused-ring (bicyclic) bond motifs is 1. The Kier molecular flexibility index (Phi) is 3.41. The number of furan rings is 1. The van der Waals surface area contributed by atoms with Crippen molar-refractivity contribution >= 4 is 32.7 Å². The average Bonchev–Trinajstić information content (AvgIpc) is 2.75. The van der Waals surface area contributed by atoms with Crippen molar-refractivity contribution in [3.63, 3.8) is 0 Å². The highest BCUT2D eigenvalue weighted by Crippen LogP contribution is 2.29. The molecule has 0 unspecified atom stereocenters. The summed E-state index contributed by atoms with van der Waals surface area (Å²) in [7, 11) is 0. The lowest BCUT2D eigenvalue weighted by Crippen LogP contribution is -2.03. The van der Waals surface area contributed by atoms with E-state index in [0.29, 0.717) is 21.4 Å². The van der Waals surface area contributed by atoms with Crippen LogP contribution in [0.1, 0.15) is 27.2 Å². The molecular weight excluding hydrogens is 335 g/mol. The van der Waals surface area contributed by atoms with Crippen LogP contribution in [0.3, 0.4) is 0 Å². The molecule has 21 heavy (non-hydrogen) atoms. The molecule has 0 aliphatic carbocycles. The van der Waals surface area contributed by atoms with Crippen LogP contribution in [0, 0.1) is 19.7 Å². The predicted molar refractivity (Wildman–Crippen MR) is 83.2 cm³/mol. The van der Waals surface area contributed by atoms with Gasteiger partial charge < -0.3 is 4.42 Å². The highest BCUT2D eigenvalue weighted by atomic mass is 79.9. The summed E-state index contributed by atoms with van der Waals surface area (Å²) in [5.74, 6) is -0.355. The summed E-state index contributed by atoms with van der Waals surface area (Å²) in [5, 5.41) is 0.927. The first-order valence-electron chi connectivity index (χ1n) is 6.47. The first kappa shape index (κ1) is 14.0. The Labute approximate surface area is 129 Å². The SMILES string of the molecule is Cc1ccc2oc(C(=O)c3ccc(F)cc3Br)c(C)c2c1. The van der Waals surface area contributed by atoms with Crippen molar-refractivity contribution in [3.05, 3.63) is 69.1 Å². The number of halogens is 2. The Morgan fingerprint density at radius 2 is 1.90 bits per heavy atom. The fourth-order valence-corrected chi connectivity index (χ4v) is 2.88. The van der Waals surface area contributed by atoms with Gasteiger partial charge in [0.25, 0.3) is 0 Å². The van der Waals surface area contributed by atoms with Crippen LogP contribution >= 0.6 is 15.9 Å². The maximum atomic E-state index is 13.1. The van der Waals surface area contributed by atoms with Crippen LogP contribution in [0.15, 0.2) is 45.3 Å². The third-order valence-electron chi connectivity index (χ3n) is 3.47. The molecule has 0 N–H and O–H groups in total. The quantitative estimate of drug-likeness (QED) is 0.598. The summed E-state index contributed by atoms with van der Waals surface area (Å²) in [4.78, 5) is 12.6. The van der Waals surface area contributed by atoms with E-state index >= 15 is 0 Å². The Morgan fingerprint density at radius 1 is 1.14 bits per heavy atom. The molecule has 106 valence electrons. The smallest absolute Gasteiger partial charge is 0.229 e. The minimum Gasteiger partial charge on any atom is -0.452 e. The number of carbonyl (C=O) groups is 1. The van der Waals surface area contributed by atoms with E-state index in [-0.39, 0.29) is 5.78 Å². The van der Waals surface area contributed by atoms with Gasteiger partial charge in [0.15, 0.2) is 5.76 Å². The summed E-state index contributed by atoms with van der Waals surface area (Å²) in [6.45, 7) is 3.85. The molecular formula is C17H12BrFO2. The van der Waals surface area contributed by atoms with Crippen molar-refractivity contribution in [1.82, 2.24) is 0 Å². The fraction of sp³-hybridized carbons (Fsp3) is 0.118. The van der Waals surface area contributed by atoms with Crippen molar-refractivity contribution in [2.75, 3.05) is 0 Å². The van der Waals surface area contributed by atoms with E-state index in [1.54, 1.807) is 0 Å². The monoisotopic (exact) mass is 346 g/mol. The molecule has 2 aromatic carbocycles. The van der Waals surface area contributed by atoms with Gasteiger partial charge in [0.05, 0.1) is 0 Å². The van der Waals surface area contributed by atoms with Gasteiger partial charge in [0, 0.05) is 21.0 Å². The van der Waals surface area contributed by atoms with Gasteiger partial charge in [-0.15, -0.1) is 0 Å². The zero-order valence-corrected chi connectivity index (χ0v) is 13.1. The molecule has 3 aromatic rings. The number of rotatable bonds is 2. The summed E-state index contributed by atoms with van der Waals surface area (Å²) in [6, 6.07) is 9.78. The Bertz CT molecular complexity index is 865. The minimum atomic E-state index is -0.393. The first-order chi connectivity index (χ1) is 9.97. The molecule has 4 heteroatoms. The van der Waals surface area contributed by atoms with Gasteiger partial charge >= 0.3 is 0 Å². The molecule has 0 saturated heterocycles. The van der Waals surface area contributed by atoms with Crippen molar-refractivity contribution in [1.29, 1.82) is 0 Å². The minimum absolute atomic E-state index is 0.256. The standard InChI is InChI=1S/C17H12BrFO2/c1-9-3-6-15-13(7-9)10(2)17(21-15)16(20)12-5-4-11(19)8-14(12)18/h3-8H,1-2H3. The summed E-state index contributed by atoms with van der Waals surface area (Å²) in [5.41, 5.74) is 2.97. The maximum Gasteiger partial charge on any atom is 0.229 e. The Morgan fingerprint density at radius 3 is 2.62 bits per heavy atom. The summed E-state index contributed by atoms with van der Waals surface area (Å²) < 4.78 is 19.3. The van der Waals surface area contributed by atoms with Crippen molar-refractivity contribution < 1.29 is 13.6 Å². The molecule has 0 spiro atoms. The van der Waals surface area contributed by atoms with Crippen LogP contribution in [-0.4, -0.2) is 5.78 Å². The topological polar surface area (TPSA) is 30.2 Å². The molecule has 0 bridgehead atoms. The summed E-state index contributed by atoms with van der Waals surface area (Å²) in [6.07, 6.45) is 0. The molecule has 1 heterocycles. The lowest BCUT2D eigenvalue weighted by atomic mass is 10.0. The highest BCUT2D eigenvalue weighted by Gasteiger charge is 2.21. The number of benzene rings is 2. The van der Waals surface area contributed by atoms with Gasteiger partial charge in [-0.05, 0) is 60.1 Å². The van der Waals surface area contributed by atoms with Gasteiger partial charge in [0.2, 0.25) is 5.78 Å². The lowest BCUT2D eigenvalue weighted by molar-refractivity contribution is 0.101. The van der Waals surface area contributed by atoms with E-state index < -0.39 is 5.82 Å². The molecule has 0 radical (unpaired) electrons. The van der Waals surface area contributed by atoms with Gasteiger partial charge in [-0.3, -0.25) is 4.79 Å². The molecule has 0 atom stereocenters. The number of hydrogen-bond acceptors (Lipinski definition) is 2. The molecule has 0 fully saturated rings. The van der Waals surface area contributed by atoms with E-state index in [2.05, 4.69) is 15.9 Å². The van der Waals surface area contributed by atoms with Crippen LogP contribution < -0.4 is 0 Å². The maximum absolute atomic E-state index is 13.1. The largest absolute Gasteiger partial charge is 0.452 e. The molecule has 0 aliphatic heterocycles. The van der Waals surface area contributed by atoms with Crippen LogP contribution in [0.2, 0.25) is 0 Å². The zero-order valence-electron chi connectivity index (χ0n) is 11.5. The van der Waals surface area contributed by atoms with Gasteiger partial charge in [0.1, 0.15) is 11.4 Å². The molecule has 0 saturated carbocycles. The van der Waals surface area contributed by atoms with E-state index in [0.717, 1.165) is 16.5 Å². The number of aryl methyl sites for hydroxylation is 2. The van der Waals surface area contributed by atoms with Crippen LogP contribution in [-0.2, 0) is 0 Å². The lowest BCUT2D eigenvalue weighted by Gasteiger charge is -2.02. The number of ketones is 1. The van der Waals surface area contributed by atoms with Gasteiger partial charge in [-0.1, -0.05) is 11.6 Å². The average molecular weight is 347 g/mol. The fourth-order valence-electron chi connectivity index (χ4n) is 2.35. The molecule has 1 aromatic heterocycles. The van der Waals surface area contributed by atoms with Gasteiger partial charge in [-0.25, -0.2) is 4.39 Å². The first-order valence-corrected chi connectivity index (χ1v) is 7.26. The molecule has 2 nitrogen and oxygen atoms in total. The van der Waals surface area contributed by atoms with E-state index in [9.17, 15) is 9.18 Å². The van der Waals surface area contributed by atoms with Crippen LogP contribution in [0.25, 0.3) is 11.0 Å². The van der Waals surface area contributed by atoms with E-state index in [4.69, 9.17) is 4.42 Å². The second kappa shape index (κ2) is 5.11. The predicted octanol–water partition coefficient (Wildman–Crippen LogP) is 5.18. The molecule has 3 rings (SSSR count).